The van der Waals surface area contributed by atoms with E-state index in [2.05, 4.69) is 12.2 Å². The molecule has 166 valence electrons. The van der Waals surface area contributed by atoms with Crippen LogP contribution in [0.25, 0.3) is 0 Å². The average molecular weight is 438 g/mol. The largest absolute Gasteiger partial charge is 0.480 e. The molecule has 28 heavy (non-hydrogen) atoms. The lowest BCUT2D eigenvalue weighted by Gasteiger charge is -2.17. The van der Waals surface area contributed by atoms with E-state index in [-0.39, 0.29) is 12.5 Å². The highest BCUT2D eigenvalue weighted by molar-refractivity contribution is 8.09. The van der Waals surface area contributed by atoms with E-state index in [1.165, 1.54) is 70.9 Å². The molecule has 0 spiro atoms. The van der Waals surface area contributed by atoms with E-state index < -0.39 is 18.5 Å². The normalized spacial score (nSPS) is 14.4. The Bertz CT molecular complexity index is 470. The third kappa shape index (κ3) is 18.9. The van der Waals surface area contributed by atoms with Gasteiger partial charge in [-0.05, 0) is 18.2 Å². The van der Waals surface area contributed by atoms with E-state index in [4.69, 9.17) is 21.4 Å². The van der Waals surface area contributed by atoms with Gasteiger partial charge in [0.1, 0.15) is 0 Å². The second kappa shape index (κ2) is 17.4. The van der Waals surface area contributed by atoms with Crippen LogP contribution >= 0.6 is 6.49 Å². The molecule has 1 amide bonds. The van der Waals surface area contributed by atoms with Crippen LogP contribution in [0.1, 0.15) is 96.8 Å². The number of aliphatic carboxylic acids is 1. The van der Waals surface area contributed by atoms with Crippen LogP contribution in [0.4, 0.5) is 0 Å². The summed E-state index contributed by atoms with van der Waals surface area (Å²) in [7, 11) is 0. The van der Waals surface area contributed by atoms with Crippen molar-refractivity contribution in [3.05, 3.63) is 0 Å². The van der Waals surface area contributed by atoms with Gasteiger partial charge in [-0.15, -0.1) is 0 Å². The number of unbranched alkanes of at least 4 members (excludes halogenated alkanes) is 12. The number of carboxylic acids is 1. The molecule has 0 saturated carbocycles. The molecular weight excluding hydrogens is 397 g/mol. The molecule has 0 fully saturated rings. The van der Waals surface area contributed by atoms with Crippen LogP contribution in [-0.4, -0.2) is 41.2 Å². The predicted octanol–water partition coefficient (Wildman–Crippen LogP) is 4.99. The zero-order chi connectivity index (χ0) is 21.3. The van der Waals surface area contributed by atoms with Gasteiger partial charge in [0.15, 0.2) is 12.5 Å². The fourth-order valence-electron chi connectivity index (χ4n) is 2.96. The molecule has 0 aliphatic rings. The van der Waals surface area contributed by atoms with E-state index in [9.17, 15) is 14.5 Å². The minimum absolute atomic E-state index is 0.304. The van der Waals surface area contributed by atoms with Gasteiger partial charge in [-0.3, -0.25) is 4.79 Å². The summed E-state index contributed by atoms with van der Waals surface area (Å²) in [6.45, 7) is 0.335. The van der Waals surface area contributed by atoms with Gasteiger partial charge in [0.25, 0.3) is 0 Å². The third-order valence-electron chi connectivity index (χ3n) is 4.62. The molecule has 0 aliphatic carbocycles. The third-order valence-corrected chi connectivity index (χ3v) is 5.57. The molecular formula is C20H40NO5PS. The Morgan fingerprint density at radius 2 is 1.36 bits per heavy atom. The summed E-state index contributed by atoms with van der Waals surface area (Å²) in [5.74, 6) is -1.50. The number of carbonyl (C=O) groups excluding carboxylic acids is 1. The molecule has 0 heterocycles. The summed E-state index contributed by atoms with van der Waals surface area (Å²) in [6.07, 6.45) is 16.3. The summed E-state index contributed by atoms with van der Waals surface area (Å²) < 4.78 is 4.96. The van der Waals surface area contributed by atoms with E-state index in [1.807, 2.05) is 0 Å². The van der Waals surface area contributed by atoms with Crippen molar-refractivity contribution >= 4 is 30.2 Å². The van der Waals surface area contributed by atoms with Crippen molar-refractivity contribution in [1.29, 1.82) is 0 Å². The Balaban J connectivity index is 3.60. The second-order valence-electron chi connectivity index (χ2n) is 7.55. The molecule has 0 aromatic carbocycles. The zero-order valence-corrected chi connectivity index (χ0v) is 19.4. The summed E-state index contributed by atoms with van der Waals surface area (Å²) in [6, 6.07) is -1.18. The van der Waals surface area contributed by atoms with Gasteiger partial charge in [-0.25, -0.2) is 4.79 Å². The Morgan fingerprint density at radius 3 is 1.75 bits per heavy atom. The Hall–Kier alpha value is -0.490. The summed E-state index contributed by atoms with van der Waals surface area (Å²) in [5, 5.41) is 11.5. The lowest BCUT2D eigenvalue weighted by atomic mass is 10.0. The molecule has 2 atom stereocenters. The first kappa shape index (κ1) is 27.5. The van der Waals surface area contributed by atoms with E-state index >= 15 is 0 Å². The van der Waals surface area contributed by atoms with E-state index in [1.54, 1.807) is 0 Å². The average Bonchev–Trinajstić information content (AvgIpc) is 2.61. The van der Waals surface area contributed by atoms with Gasteiger partial charge < -0.3 is 19.8 Å². The standard InChI is InChI=1S/C20H40NO5PS/c1-3-4-5-6-7-8-9-10-11-12-13-14-15-16-19(22)21-18(20(23)24)17-26-27(2,25)28/h18H,3-17H2,1-2H3,(H,21,22)(H,23,24)(H,25,28). The van der Waals surface area contributed by atoms with Crippen molar-refractivity contribution in [2.75, 3.05) is 13.3 Å². The topological polar surface area (TPSA) is 95.9 Å². The highest BCUT2D eigenvalue weighted by atomic mass is 32.5. The molecule has 3 N–H and O–H groups in total. The van der Waals surface area contributed by atoms with Crippen LogP contribution in [0.2, 0.25) is 0 Å². The Labute approximate surface area is 176 Å². The van der Waals surface area contributed by atoms with E-state index in [0.717, 1.165) is 19.3 Å². The van der Waals surface area contributed by atoms with Crippen molar-refractivity contribution in [2.24, 2.45) is 0 Å². The maximum atomic E-state index is 11.9. The number of carboxylic acid groups (broad SMARTS) is 1. The molecule has 0 aliphatic heterocycles. The SMILES string of the molecule is CCCCCCCCCCCCCCCC(=O)NC(COP(C)(O)=S)C(=O)O. The van der Waals surface area contributed by atoms with Crippen LogP contribution in [0, 0.1) is 0 Å². The molecule has 0 aromatic rings. The quantitative estimate of drug-likeness (QED) is 0.195. The van der Waals surface area contributed by atoms with Crippen LogP contribution in [0.3, 0.4) is 0 Å². The number of hydrogen-bond donors (Lipinski definition) is 3. The Morgan fingerprint density at radius 1 is 0.929 bits per heavy atom. The van der Waals surface area contributed by atoms with Gasteiger partial charge in [0.2, 0.25) is 5.91 Å². The number of carbonyl (C=O) groups is 2. The molecule has 8 heteroatoms. The lowest BCUT2D eigenvalue weighted by Crippen LogP contribution is -2.43. The van der Waals surface area contributed by atoms with Crippen molar-refractivity contribution in [1.82, 2.24) is 5.32 Å². The van der Waals surface area contributed by atoms with Crippen LogP contribution in [0.15, 0.2) is 0 Å². The van der Waals surface area contributed by atoms with Crippen molar-refractivity contribution in [2.45, 2.75) is 103 Å². The predicted molar refractivity (Wildman–Crippen MR) is 118 cm³/mol. The zero-order valence-electron chi connectivity index (χ0n) is 17.7. The van der Waals surface area contributed by atoms with Crippen molar-refractivity contribution in [3.63, 3.8) is 0 Å². The molecule has 2 unspecified atom stereocenters. The summed E-state index contributed by atoms with van der Waals surface area (Å²) in [4.78, 5) is 32.4. The van der Waals surface area contributed by atoms with Gasteiger partial charge >= 0.3 is 5.97 Å². The highest BCUT2D eigenvalue weighted by Crippen LogP contribution is 2.36. The van der Waals surface area contributed by atoms with Crippen LogP contribution in [0.5, 0.6) is 0 Å². The second-order valence-corrected chi connectivity index (χ2v) is 11.4. The molecule has 0 radical (unpaired) electrons. The molecule has 0 aromatic heterocycles. The first-order valence-corrected chi connectivity index (χ1v) is 13.8. The number of hydrogen-bond acceptors (Lipinski definition) is 4. The minimum Gasteiger partial charge on any atom is -0.480 e. The molecule has 6 nitrogen and oxygen atoms in total. The fourth-order valence-corrected chi connectivity index (χ4v) is 3.57. The van der Waals surface area contributed by atoms with Gasteiger partial charge in [-0.2, -0.15) is 0 Å². The summed E-state index contributed by atoms with van der Waals surface area (Å²) in [5.41, 5.74) is 0. The number of amides is 1. The number of nitrogens with one attached hydrogen (secondary N) is 1. The maximum absolute atomic E-state index is 11.9. The van der Waals surface area contributed by atoms with Gasteiger partial charge in [0, 0.05) is 13.1 Å². The Kier molecular flexibility index (Phi) is 17.1. The van der Waals surface area contributed by atoms with Crippen LogP contribution in [-0.2, 0) is 25.9 Å². The van der Waals surface area contributed by atoms with E-state index in [0.29, 0.717) is 6.42 Å². The maximum Gasteiger partial charge on any atom is 0.328 e. The molecule has 0 saturated heterocycles. The number of rotatable bonds is 19. The fraction of sp³-hybridized carbons (Fsp3) is 0.900. The van der Waals surface area contributed by atoms with Crippen LogP contribution < -0.4 is 5.32 Å². The van der Waals surface area contributed by atoms with Gasteiger partial charge in [0.05, 0.1) is 6.61 Å². The van der Waals surface area contributed by atoms with Crippen molar-refractivity contribution in [3.8, 4) is 0 Å². The lowest BCUT2D eigenvalue weighted by molar-refractivity contribution is -0.142. The molecule has 0 rings (SSSR count). The molecule has 0 bridgehead atoms. The smallest absolute Gasteiger partial charge is 0.328 e. The monoisotopic (exact) mass is 437 g/mol. The minimum atomic E-state index is -2.94. The first-order valence-electron chi connectivity index (χ1n) is 10.7. The summed E-state index contributed by atoms with van der Waals surface area (Å²) >= 11 is 4.71. The van der Waals surface area contributed by atoms with Crippen molar-refractivity contribution < 1.29 is 24.1 Å². The highest BCUT2D eigenvalue weighted by Gasteiger charge is 2.22. The van der Waals surface area contributed by atoms with Gasteiger partial charge in [-0.1, -0.05) is 84.0 Å². The first-order chi connectivity index (χ1) is 13.3.